The Kier molecular flexibility index (Phi) is 7.10. The number of aromatic nitrogens is 1. The third kappa shape index (κ3) is 4.41. The van der Waals surface area contributed by atoms with Gasteiger partial charge in [-0.1, -0.05) is 41.5 Å². The van der Waals surface area contributed by atoms with E-state index < -0.39 is 8.32 Å². The second-order valence-corrected chi connectivity index (χ2v) is 13.7. The fraction of sp³-hybridized carbons (Fsp3) is 0.750. The van der Waals surface area contributed by atoms with Crippen LogP contribution in [0.3, 0.4) is 0 Å². The van der Waals surface area contributed by atoms with E-state index in [4.69, 9.17) is 18.9 Å². The first-order valence-corrected chi connectivity index (χ1v) is 11.9. The van der Waals surface area contributed by atoms with Gasteiger partial charge in [-0.3, -0.25) is 4.98 Å². The molecule has 5 nitrogen and oxygen atoms in total. The number of aromatic hydroxyl groups is 1. The number of hydrogen-bond acceptors (Lipinski definition) is 5. The van der Waals surface area contributed by atoms with Gasteiger partial charge in [0.05, 0.1) is 18.0 Å². The zero-order chi connectivity index (χ0) is 19.5. The van der Waals surface area contributed by atoms with Crippen LogP contribution in [0.1, 0.15) is 71.7 Å². The smallest absolute Gasteiger partial charge is 0.200 e. The molecule has 2 rings (SSSR count). The van der Waals surface area contributed by atoms with E-state index in [1.165, 1.54) is 0 Å². The molecule has 26 heavy (non-hydrogen) atoms. The third-order valence-electron chi connectivity index (χ3n) is 5.49. The standard InChI is InChI=1S/C20H35NO4Si/c1-13(2)26(14(3)4,15(5)6)25-11-17-10-18(22)20(24-12-23-7)19(21-17)16-8-9-16/h10,13-16H,8-9,11-12H2,1-7H3,(H,21,22). The summed E-state index contributed by atoms with van der Waals surface area (Å²) in [6.07, 6.45) is 2.17. The van der Waals surface area contributed by atoms with E-state index in [-0.39, 0.29) is 12.5 Å². The summed E-state index contributed by atoms with van der Waals surface area (Å²) in [5.74, 6) is 0.955. The number of ether oxygens (including phenoxy) is 2. The molecule has 1 aliphatic rings. The van der Waals surface area contributed by atoms with Gasteiger partial charge in [-0.25, -0.2) is 0 Å². The number of nitrogens with zero attached hydrogens (tertiary/aromatic N) is 1. The SMILES string of the molecule is COCOc1c(O)cc(CO[Si](C(C)C)(C(C)C)C(C)C)nc1C1CC1. The normalized spacial score (nSPS) is 15.3. The van der Waals surface area contributed by atoms with E-state index in [1.807, 2.05) is 0 Å². The summed E-state index contributed by atoms with van der Waals surface area (Å²) < 4.78 is 17.2. The van der Waals surface area contributed by atoms with Gasteiger partial charge in [0.25, 0.3) is 0 Å². The lowest BCUT2D eigenvalue weighted by Crippen LogP contribution is -2.47. The van der Waals surface area contributed by atoms with Gasteiger partial charge in [-0.05, 0) is 29.5 Å². The summed E-state index contributed by atoms with van der Waals surface area (Å²) in [5.41, 5.74) is 3.18. The molecule has 0 unspecified atom stereocenters. The Morgan fingerprint density at radius 3 is 2.15 bits per heavy atom. The molecule has 1 aliphatic carbocycles. The summed E-state index contributed by atoms with van der Waals surface area (Å²) in [7, 11) is -0.397. The van der Waals surface area contributed by atoms with Gasteiger partial charge in [-0.2, -0.15) is 0 Å². The van der Waals surface area contributed by atoms with Gasteiger partial charge in [0, 0.05) is 19.1 Å². The maximum absolute atomic E-state index is 10.5. The summed E-state index contributed by atoms with van der Waals surface area (Å²) in [5, 5.41) is 10.5. The van der Waals surface area contributed by atoms with Crippen molar-refractivity contribution in [3.63, 3.8) is 0 Å². The number of methoxy groups -OCH3 is 1. The van der Waals surface area contributed by atoms with Crippen molar-refractivity contribution in [2.45, 2.75) is 83.5 Å². The molecular formula is C20H35NO4Si. The topological polar surface area (TPSA) is 60.8 Å². The van der Waals surface area contributed by atoms with E-state index in [0.29, 0.717) is 34.9 Å². The summed E-state index contributed by atoms with van der Waals surface area (Å²) in [6, 6.07) is 1.68. The van der Waals surface area contributed by atoms with Crippen molar-refractivity contribution in [3.8, 4) is 11.5 Å². The molecule has 1 saturated carbocycles. The maximum atomic E-state index is 10.5. The van der Waals surface area contributed by atoms with Crippen LogP contribution in [0.4, 0.5) is 0 Å². The highest BCUT2D eigenvalue weighted by molar-refractivity contribution is 6.77. The van der Waals surface area contributed by atoms with E-state index in [9.17, 15) is 5.11 Å². The number of hydrogen-bond donors (Lipinski definition) is 1. The first kappa shape index (κ1) is 21.2. The molecule has 1 aromatic heterocycles. The molecule has 0 aliphatic heterocycles. The highest BCUT2D eigenvalue weighted by Crippen LogP contribution is 2.47. The fourth-order valence-electron chi connectivity index (χ4n) is 4.26. The van der Waals surface area contributed by atoms with Gasteiger partial charge < -0.3 is 19.0 Å². The molecule has 0 spiro atoms. The lowest BCUT2D eigenvalue weighted by molar-refractivity contribution is 0.0480. The van der Waals surface area contributed by atoms with Crippen LogP contribution in [0.5, 0.6) is 11.5 Å². The van der Waals surface area contributed by atoms with Crippen LogP contribution in [0, 0.1) is 0 Å². The Hall–Kier alpha value is -1.11. The molecule has 1 heterocycles. The van der Waals surface area contributed by atoms with Gasteiger partial charge in [-0.15, -0.1) is 0 Å². The molecule has 1 fully saturated rings. The highest BCUT2D eigenvalue weighted by atomic mass is 28.4. The van der Waals surface area contributed by atoms with E-state index in [1.54, 1.807) is 13.2 Å². The summed E-state index contributed by atoms with van der Waals surface area (Å²) >= 11 is 0. The van der Waals surface area contributed by atoms with Crippen molar-refractivity contribution < 1.29 is 19.0 Å². The van der Waals surface area contributed by atoms with Crippen LogP contribution in [-0.4, -0.2) is 32.3 Å². The summed E-state index contributed by atoms with van der Waals surface area (Å²) in [4.78, 5) is 4.79. The van der Waals surface area contributed by atoms with Gasteiger partial charge in [0.2, 0.25) is 8.32 Å². The van der Waals surface area contributed by atoms with Crippen LogP contribution >= 0.6 is 0 Å². The lowest BCUT2D eigenvalue weighted by Gasteiger charge is -2.42. The lowest BCUT2D eigenvalue weighted by atomic mass is 10.2. The highest BCUT2D eigenvalue weighted by Gasteiger charge is 2.45. The van der Waals surface area contributed by atoms with Crippen molar-refractivity contribution in [2.75, 3.05) is 13.9 Å². The molecule has 0 amide bonds. The molecular weight excluding hydrogens is 346 g/mol. The first-order valence-electron chi connectivity index (χ1n) is 9.72. The van der Waals surface area contributed by atoms with Crippen molar-refractivity contribution in [2.24, 2.45) is 0 Å². The molecule has 148 valence electrons. The Bertz CT molecular complexity index is 578. The van der Waals surface area contributed by atoms with Crippen LogP contribution in [0.15, 0.2) is 6.07 Å². The monoisotopic (exact) mass is 381 g/mol. The van der Waals surface area contributed by atoms with Crippen molar-refractivity contribution >= 4 is 8.32 Å². The van der Waals surface area contributed by atoms with Gasteiger partial charge in [0.15, 0.2) is 18.3 Å². The predicted molar refractivity (Wildman–Crippen MR) is 106 cm³/mol. The third-order valence-corrected chi connectivity index (χ3v) is 11.6. The predicted octanol–water partition coefficient (Wildman–Crippen LogP) is 5.34. The molecule has 0 atom stereocenters. The molecule has 1 N–H and O–H groups in total. The minimum atomic E-state index is -1.96. The Balaban J connectivity index is 2.26. The average Bonchev–Trinajstić information content (AvgIpc) is 3.37. The molecule has 0 saturated heterocycles. The van der Waals surface area contributed by atoms with Gasteiger partial charge in [0.1, 0.15) is 0 Å². The first-order chi connectivity index (χ1) is 12.2. The number of rotatable bonds is 10. The Labute approximate surface area is 159 Å². The zero-order valence-electron chi connectivity index (χ0n) is 17.3. The van der Waals surface area contributed by atoms with Crippen molar-refractivity contribution in [1.82, 2.24) is 4.98 Å². The molecule has 6 heteroatoms. The van der Waals surface area contributed by atoms with E-state index in [0.717, 1.165) is 24.2 Å². The molecule has 0 radical (unpaired) electrons. The minimum absolute atomic E-state index is 0.106. The maximum Gasteiger partial charge on any atom is 0.200 e. The Morgan fingerprint density at radius 1 is 1.12 bits per heavy atom. The van der Waals surface area contributed by atoms with E-state index >= 15 is 0 Å². The zero-order valence-corrected chi connectivity index (χ0v) is 18.3. The Morgan fingerprint density at radius 2 is 1.69 bits per heavy atom. The molecule has 1 aromatic rings. The number of pyridine rings is 1. The second-order valence-electron chi connectivity index (χ2n) is 8.28. The minimum Gasteiger partial charge on any atom is -0.504 e. The summed E-state index contributed by atoms with van der Waals surface area (Å²) in [6.45, 7) is 14.2. The average molecular weight is 382 g/mol. The fourth-order valence-corrected chi connectivity index (χ4v) is 9.66. The second kappa shape index (κ2) is 8.72. The molecule has 0 bridgehead atoms. The largest absolute Gasteiger partial charge is 0.504 e. The quantitative estimate of drug-likeness (QED) is 0.438. The molecule has 0 aromatic carbocycles. The van der Waals surface area contributed by atoms with Crippen molar-refractivity contribution in [3.05, 3.63) is 17.5 Å². The van der Waals surface area contributed by atoms with Gasteiger partial charge >= 0.3 is 0 Å². The van der Waals surface area contributed by atoms with E-state index in [2.05, 4.69) is 41.5 Å². The van der Waals surface area contributed by atoms with Crippen molar-refractivity contribution in [1.29, 1.82) is 0 Å². The van der Waals surface area contributed by atoms with Crippen LogP contribution in [0.2, 0.25) is 16.6 Å². The van der Waals surface area contributed by atoms with Crippen LogP contribution < -0.4 is 4.74 Å². The van der Waals surface area contributed by atoms with Crippen LogP contribution in [-0.2, 0) is 15.8 Å². The van der Waals surface area contributed by atoms with Crippen LogP contribution in [0.25, 0.3) is 0 Å².